The van der Waals surface area contributed by atoms with Gasteiger partial charge in [-0.15, -0.1) is 0 Å². The first-order valence-electron chi connectivity index (χ1n) is 8.14. The highest BCUT2D eigenvalue weighted by Crippen LogP contribution is 2.27. The second-order valence-electron chi connectivity index (χ2n) is 5.64. The Balaban J connectivity index is 1.82. The van der Waals surface area contributed by atoms with Gasteiger partial charge in [-0.05, 0) is 49.7 Å². The van der Waals surface area contributed by atoms with Crippen LogP contribution in [0.25, 0.3) is 10.9 Å². The van der Waals surface area contributed by atoms with Crippen molar-refractivity contribution in [3.05, 3.63) is 69.9 Å². The van der Waals surface area contributed by atoms with Crippen LogP contribution in [0.15, 0.2) is 53.6 Å². The lowest BCUT2D eigenvalue weighted by molar-refractivity contribution is -0.384. The average molecular weight is 350 g/mol. The molecule has 3 rings (SSSR count). The first-order valence-corrected chi connectivity index (χ1v) is 8.14. The van der Waals surface area contributed by atoms with Crippen molar-refractivity contribution in [2.45, 2.75) is 13.8 Å². The molecule has 0 aliphatic carbocycles. The van der Waals surface area contributed by atoms with Gasteiger partial charge in [-0.25, -0.2) is 0 Å². The van der Waals surface area contributed by atoms with Gasteiger partial charge >= 0.3 is 0 Å². The number of ether oxygens (including phenoxy) is 1. The lowest BCUT2D eigenvalue weighted by Gasteiger charge is -2.09. The van der Waals surface area contributed by atoms with E-state index in [1.807, 2.05) is 38.1 Å². The van der Waals surface area contributed by atoms with E-state index in [0.29, 0.717) is 6.61 Å². The number of aromatic nitrogens is 1. The third kappa shape index (κ3) is 3.94. The summed E-state index contributed by atoms with van der Waals surface area (Å²) in [4.78, 5) is 14.8. The van der Waals surface area contributed by atoms with Gasteiger partial charge < -0.3 is 4.74 Å². The van der Waals surface area contributed by atoms with Gasteiger partial charge in [0.2, 0.25) is 0 Å². The third-order valence-corrected chi connectivity index (χ3v) is 3.72. The number of rotatable bonds is 6. The number of hydrogen-bond acceptors (Lipinski definition) is 6. The number of nitrogens with one attached hydrogen (secondary N) is 1. The first kappa shape index (κ1) is 17.3. The van der Waals surface area contributed by atoms with E-state index >= 15 is 0 Å². The SMILES string of the molecule is CCOc1ccc2c(N/N=C/c3ccc([N+](=O)[O-])cc3)cc(C)nc2c1. The summed E-state index contributed by atoms with van der Waals surface area (Å²) in [5.74, 6) is 0.776. The van der Waals surface area contributed by atoms with E-state index in [1.165, 1.54) is 12.1 Å². The molecule has 0 spiro atoms. The van der Waals surface area contributed by atoms with Crippen LogP contribution in [0.5, 0.6) is 5.75 Å². The van der Waals surface area contributed by atoms with E-state index in [9.17, 15) is 10.1 Å². The Labute approximate surface area is 150 Å². The van der Waals surface area contributed by atoms with Crippen LogP contribution in [-0.4, -0.2) is 22.7 Å². The van der Waals surface area contributed by atoms with Crippen molar-refractivity contribution < 1.29 is 9.66 Å². The number of pyridine rings is 1. The van der Waals surface area contributed by atoms with Gasteiger partial charge in [0.15, 0.2) is 0 Å². The van der Waals surface area contributed by atoms with Gasteiger partial charge in [-0.3, -0.25) is 20.5 Å². The molecule has 0 unspecified atom stereocenters. The molecule has 1 heterocycles. The summed E-state index contributed by atoms with van der Waals surface area (Å²) in [6.07, 6.45) is 1.61. The predicted octanol–water partition coefficient (Wildman–Crippen LogP) is 4.30. The number of aryl methyl sites for hydroxylation is 1. The zero-order valence-electron chi connectivity index (χ0n) is 14.5. The second-order valence-corrected chi connectivity index (χ2v) is 5.64. The van der Waals surface area contributed by atoms with Crippen molar-refractivity contribution in [1.82, 2.24) is 4.98 Å². The minimum atomic E-state index is -0.429. The molecule has 1 aromatic heterocycles. The van der Waals surface area contributed by atoms with E-state index in [0.717, 1.165) is 33.6 Å². The first-order chi connectivity index (χ1) is 12.6. The number of nitrogens with zero attached hydrogens (tertiary/aromatic N) is 3. The smallest absolute Gasteiger partial charge is 0.269 e. The van der Waals surface area contributed by atoms with E-state index in [-0.39, 0.29) is 5.69 Å². The fraction of sp³-hybridized carbons (Fsp3) is 0.158. The zero-order valence-corrected chi connectivity index (χ0v) is 14.5. The molecule has 0 amide bonds. The Hall–Kier alpha value is -3.48. The number of hydrazone groups is 1. The fourth-order valence-corrected chi connectivity index (χ4v) is 2.55. The fourth-order valence-electron chi connectivity index (χ4n) is 2.55. The summed E-state index contributed by atoms with van der Waals surface area (Å²) in [5, 5.41) is 15.8. The van der Waals surface area contributed by atoms with E-state index in [1.54, 1.807) is 18.3 Å². The molecule has 2 aromatic carbocycles. The number of benzene rings is 2. The quantitative estimate of drug-likeness (QED) is 0.407. The molecule has 0 atom stereocenters. The maximum Gasteiger partial charge on any atom is 0.269 e. The second kappa shape index (κ2) is 7.60. The topological polar surface area (TPSA) is 89.6 Å². The van der Waals surface area contributed by atoms with E-state index in [4.69, 9.17) is 4.74 Å². The van der Waals surface area contributed by atoms with Crippen molar-refractivity contribution in [1.29, 1.82) is 0 Å². The lowest BCUT2D eigenvalue weighted by atomic mass is 10.1. The van der Waals surface area contributed by atoms with Crippen molar-refractivity contribution in [2.75, 3.05) is 12.0 Å². The van der Waals surface area contributed by atoms with Crippen LogP contribution >= 0.6 is 0 Å². The zero-order chi connectivity index (χ0) is 18.5. The molecule has 7 heteroatoms. The molecule has 0 saturated carbocycles. The maximum atomic E-state index is 10.7. The standard InChI is InChI=1S/C19H18N4O3/c1-3-26-16-8-9-17-18(11-16)21-13(2)10-19(17)22-20-12-14-4-6-15(7-5-14)23(24)25/h4-12H,3H2,1-2H3,(H,21,22)/b20-12+. The molecule has 26 heavy (non-hydrogen) atoms. The molecule has 0 fully saturated rings. The van der Waals surface area contributed by atoms with Gasteiger partial charge in [-0.1, -0.05) is 0 Å². The largest absolute Gasteiger partial charge is 0.494 e. The maximum absolute atomic E-state index is 10.7. The molecule has 0 aliphatic heterocycles. The van der Waals surface area contributed by atoms with Crippen molar-refractivity contribution in [3.8, 4) is 5.75 Å². The van der Waals surface area contributed by atoms with Gasteiger partial charge in [0.1, 0.15) is 5.75 Å². The summed E-state index contributed by atoms with van der Waals surface area (Å²) >= 11 is 0. The highest BCUT2D eigenvalue weighted by Gasteiger charge is 2.06. The number of fused-ring (bicyclic) bond motifs is 1. The number of nitro groups is 1. The summed E-state index contributed by atoms with van der Waals surface area (Å²) in [7, 11) is 0. The summed E-state index contributed by atoms with van der Waals surface area (Å²) in [6.45, 7) is 4.45. The molecule has 132 valence electrons. The average Bonchev–Trinajstić information content (AvgIpc) is 2.62. The summed E-state index contributed by atoms with van der Waals surface area (Å²) in [5.41, 5.74) is 6.34. The van der Waals surface area contributed by atoms with Crippen LogP contribution in [0.2, 0.25) is 0 Å². The number of non-ortho nitro benzene ring substituents is 1. The van der Waals surface area contributed by atoms with Crippen LogP contribution in [-0.2, 0) is 0 Å². The van der Waals surface area contributed by atoms with Gasteiger partial charge in [-0.2, -0.15) is 5.10 Å². The van der Waals surface area contributed by atoms with Crippen molar-refractivity contribution >= 4 is 28.5 Å². The molecule has 3 aromatic rings. The monoisotopic (exact) mass is 350 g/mol. The number of nitro benzene ring substituents is 1. The van der Waals surface area contributed by atoms with Gasteiger partial charge in [0.05, 0.1) is 28.9 Å². The molecule has 0 bridgehead atoms. The highest BCUT2D eigenvalue weighted by atomic mass is 16.6. The minimum Gasteiger partial charge on any atom is -0.494 e. The van der Waals surface area contributed by atoms with Gasteiger partial charge in [0.25, 0.3) is 5.69 Å². The van der Waals surface area contributed by atoms with Crippen LogP contribution in [0.1, 0.15) is 18.2 Å². The number of hydrogen-bond donors (Lipinski definition) is 1. The Morgan fingerprint density at radius 3 is 2.69 bits per heavy atom. The molecular formula is C19H18N4O3. The van der Waals surface area contributed by atoms with Crippen molar-refractivity contribution in [3.63, 3.8) is 0 Å². The minimum absolute atomic E-state index is 0.0518. The lowest BCUT2D eigenvalue weighted by Crippen LogP contribution is -1.96. The molecule has 0 saturated heterocycles. The molecule has 7 nitrogen and oxygen atoms in total. The molecule has 1 N–H and O–H groups in total. The van der Waals surface area contributed by atoms with E-state index < -0.39 is 4.92 Å². The van der Waals surface area contributed by atoms with Gasteiger partial charge in [0, 0.05) is 29.3 Å². The van der Waals surface area contributed by atoms with Crippen LogP contribution < -0.4 is 10.2 Å². The summed E-state index contributed by atoms with van der Waals surface area (Å²) < 4.78 is 5.52. The summed E-state index contributed by atoms with van der Waals surface area (Å²) in [6, 6.07) is 13.8. The normalized spacial score (nSPS) is 11.0. The Bertz CT molecular complexity index is 968. The Morgan fingerprint density at radius 1 is 1.23 bits per heavy atom. The van der Waals surface area contributed by atoms with Crippen LogP contribution in [0, 0.1) is 17.0 Å². The molecule has 0 radical (unpaired) electrons. The van der Waals surface area contributed by atoms with Crippen LogP contribution in [0.3, 0.4) is 0 Å². The Morgan fingerprint density at radius 2 is 2.00 bits per heavy atom. The number of anilines is 1. The highest BCUT2D eigenvalue weighted by molar-refractivity contribution is 5.92. The van der Waals surface area contributed by atoms with Crippen LogP contribution in [0.4, 0.5) is 11.4 Å². The Kier molecular flexibility index (Phi) is 5.07. The van der Waals surface area contributed by atoms with Crippen molar-refractivity contribution in [2.24, 2.45) is 5.10 Å². The molecular weight excluding hydrogens is 332 g/mol. The third-order valence-electron chi connectivity index (χ3n) is 3.72. The molecule has 0 aliphatic rings. The van der Waals surface area contributed by atoms with E-state index in [2.05, 4.69) is 15.5 Å². The predicted molar refractivity (Wildman–Crippen MR) is 102 cm³/mol.